The summed E-state index contributed by atoms with van der Waals surface area (Å²) in [7, 11) is 0. The van der Waals surface area contributed by atoms with Crippen LogP contribution in [0.25, 0.3) is 0 Å². The topological polar surface area (TPSA) is 32.3 Å². The van der Waals surface area contributed by atoms with Gasteiger partial charge in [-0.3, -0.25) is 0 Å². The largest absolute Gasteiger partial charge is 0.393 e. The molecule has 3 aliphatic carbocycles. The van der Waals surface area contributed by atoms with Crippen LogP contribution in [0.5, 0.6) is 0 Å². The van der Waals surface area contributed by atoms with Crippen LogP contribution in [0, 0.1) is 17.8 Å². The predicted molar refractivity (Wildman–Crippen MR) is 55.9 cm³/mol. The Bertz CT molecular complexity index is 245. The second-order valence-corrected chi connectivity index (χ2v) is 5.24. The van der Waals surface area contributed by atoms with Crippen LogP contribution in [-0.4, -0.2) is 23.8 Å². The SMILES string of the molecule is OC1CC(CNC2CC3CC=CC32)C1. The number of nitrogens with one attached hydrogen (secondary N) is 1. The fourth-order valence-corrected chi connectivity index (χ4v) is 3.13. The molecule has 3 rings (SSSR count). The highest BCUT2D eigenvalue weighted by Gasteiger charge is 2.41. The summed E-state index contributed by atoms with van der Waals surface area (Å²) in [6, 6.07) is 0.747. The van der Waals surface area contributed by atoms with Crippen molar-refractivity contribution in [2.75, 3.05) is 6.54 Å². The first kappa shape index (κ1) is 8.93. The summed E-state index contributed by atoms with van der Waals surface area (Å²) in [5.41, 5.74) is 0. The number of allylic oxidation sites excluding steroid dienone is 1. The molecule has 78 valence electrons. The van der Waals surface area contributed by atoms with E-state index in [1.807, 2.05) is 0 Å². The lowest BCUT2D eigenvalue weighted by Crippen LogP contribution is -2.50. The zero-order chi connectivity index (χ0) is 9.54. The molecule has 2 heteroatoms. The zero-order valence-electron chi connectivity index (χ0n) is 8.52. The Kier molecular flexibility index (Phi) is 2.14. The highest BCUT2D eigenvalue weighted by molar-refractivity contribution is 5.12. The quantitative estimate of drug-likeness (QED) is 0.662. The molecule has 3 unspecified atom stereocenters. The van der Waals surface area contributed by atoms with Crippen LogP contribution < -0.4 is 5.32 Å². The van der Waals surface area contributed by atoms with E-state index in [4.69, 9.17) is 5.11 Å². The van der Waals surface area contributed by atoms with E-state index in [1.165, 1.54) is 12.8 Å². The Morgan fingerprint density at radius 2 is 2.14 bits per heavy atom. The third-order valence-corrected chi connectivity index (χ3v) is 4.24. The van der Waals surface area contributed by atoms with Crippen molar-refractivity contribution in [2.24, 2.45) is 17.8 Å². The van der Waals surface area contributed by atoms with Gasteiger partial charge in [-0.15, -0.1) is 0 Å². The van der Waals surface area contributed by atoms with Crippen molar-refractivity contribution in [3.8, 4) is 0 Å². The average molecular weight is 193 g/mol. The number of hydrogen-bond donors (Lipinski definition) is 2. The van der Waals surface area contributed by atoms with Gasteiger partial charge < -0.3 is 10.4 Å². The normalized spacial score (nSPS) is 49.6. The van der Waals surface area contributed by atoms with E-state index in [-0.39, 0.29) is 6.10 Å². The zero-order valence-corrected chi connectivity index (χ0v) is 8.52. The molecule has 3 aliphatic rings. The molecule has 2 nitrogen and oxygen atoms in total. The molecule has 0 heterocycles. The molecule has 0 spiro atoms. The summed E-state index contributed by atoms with van der Waals surface area (Å²) in [5.74, 6) is 2.54. The highest BCUT2D eigenvalue weighted by atomic mass is 16.3. The number of aliphatic hydroxyl groups excluding tert-OH is 1. The highest BCUT2D eigenvalue weighted by Crippen LogP contribution is 2.42. The van der Waals surface area contributed by atoms with Gasteiger partial charge in [0.2, 0.25) is 0 Å². The second-order valence-electron chi connectivity index (χ2n) is 5.24. The van der Waals surface area contributed by atoms with Crippen LogP contribution in [0.4, 0.5) is 0 Å². The fourth-order valence-electron chi connectivity index (χ4n) is 3.13. The van der Waals surface area contributed by atoms with E-state index in [0.717, 1.165) is 43.2 Å². The molecular formula is C12H19NO. The molecule has 3 atom stereocenters. The summed E-state index contributed by atoms with van der Waals surface area (Å²) in [6.45, 7) is 1.12. The molecule has 0 aromatic carbocycles. The van der Waals surface area contributed by atoms with Crippen LogP contribution in [0.1, 0.15) is 25.7 Å². The van der Waals surface area contributed by atoms with E-state index in [2.05, 4.69) is 17.5 Å². The maximum absolute atomic E-state index is 9.17. The molecule has 2 N–H and O–H groups in total. The first-order valence-electron chi connectivity index (χ1n) is 5.91. The third kappa shape index (κ3) is 1.41. The molecule has 0 bridgehead atoms. The van der Waals surface area contributed by atoms with Crippen molar-refractivity contribution < 1.29 is 5.11 Å². The van der Waals surface area contributed by atoms with Gasteiger partial charge in [0, 0.05) is 6.04 Å². The molecule has 0 aromatic heterocycles. The summed E-state index contributed by atoms with van der Waals surface area (Å²) < 4.78 is 0. The monoisotopic (exact) mass is 193 g/mol. The maximum atomic E-state index is 9.17. The van der Waals surface area contributed by atoms with Gasteiger partial charge in [-0.25, -0.2) is 0 Å². The van der Waals surface area contributed by atoms with Gasteiger partial charge in [0.05, 0.1) is 6.10 Å². The van der Waals surface area contributed by atoms with Crippen LogP contribution >= 0.6 is 0 Å². The molecule has 0 saturated heterocycles. The summed E-state index contributed by atoms with van der Waals surface area (Å²) in [4.78, 5) is 0. The summed E-state index contributed by atoms with van der Waals surface area (Å²) >= 11 is 0. The second kappa shape index (κ2) is 3.35. The molecule has 2 saturated carbocycles. The van der Waals surface area contributed by atoms with Gasteiger partial charge in [0.15, 0.2) is 0 Å². The third-order valence-electron chi connectivity index (χ3n) is 4.24. The van der Waals surface area contributed by atoms with Crippen LogP contribution in [0.15, 0.2) is 12.2 Å². The minimum atomic E-state index is 0.00214. The fraction of sp³-hybridized carbons (Fsp3) is 0.833. The molecule has 14 heavy (non-hydrogen) atoms. The van der Waals surface area contributed by atoms with E-state index >= 15 is 0 Å². The van der Waals surface area contributed by atoms with Gasteiger partial charge in [0.1, 0.15) is 0 Å². The van der Waals surface area contributed by atoms with Crippen molar-refractivity contribution in [2.45, 2.75) is 37.8 Å². The van der Waals surface area contributed by atoms with E-state index < -0.39 is 0 Å². The Hall–Kier alpha value is -0.340. The predicted octanol–water partition coefficient (Wildman–Crippen LogP) is 1.31. The minimum Gasteiger partial charge on any atom is -0.393 e. The summed E-state index contributed by atoms with van der Waals surface area (Å²) in [5, 5.41) is 12.8. The van der Waals surface area contributed by atoms with Crippen molar-refractivity contribution in [1.82, 2.24) is 5.32 Å². The van der Waals surface area contributed by atoms with Crippen molar-refractivity contribution >= 4 is 0 Å². The van der Waals surface area contributed by atoms with Crippen LogP contribution in [-0.2, 0) is 0 Å². The molecular weight excluding hydrogens is 174 g/mol. The van der Waals surface area contributed by atoms with E-state index in [0.29, 0.717) is 0 Å². The van der Waals surface area contributed by atoms with Gasteiger partial charge in [-0.2, -0.15) is 0 Å². The lowest BCUT2D eigenvalue weighted by Gasteiger charge is -2.42. The number of rotatable bonds is 3. The smallest absolute Gasteiger partial charge is 0.0546 e. The Balaban J connectivity index is 1.40. The van der Waals surface area contributed by atoms with Crippen molar-refractivity contribution in [1.29, 1.82) is 0 Å². The first-order valence-corrected chi connectivity index (χ1v) is 5.91. The Morgan fingerprint density at radius 1 is 1.29 bits per heavy atom. The standard InChI is InChI=1S/C12H19NO/c14-10-4-8(5-10)7-13-12-6-9-2-1-3-11(9)12/h1,3,8-14H,2,4-7H2. The van der Waals surface area contributed by atoms with Crippen LogP contribution in [0.3, 0.4) is 0 Å². The lowest BCUT2D eigenvalue weighted by molar-refractivity contribution is 0.0364. The Labute approximate surface area is 85.4 Å². The van der Waals surface area contributed by atoms with Crippen molar-refractivity contribution in [3.05, 3.63) is 12.2 Å². The summed E-state index contributed by atoms with van der Waals surface area (Å²) in [6.07, 6.45) is 9.44. The molecule has 0 aliphatic heterocycles. The van der Waals surface area contributed by atoms with Crippen LogP contribution in [0.2, 0.25) is 0 Å². The number of aliphatic hydroxyl groups is 1. The molecule has 0 amide bonds. The number of fused-ring (bicyclic) bond motifs is 1. The molecule has 2 fully saturated rings. The average Bonchev–Trinajstić information content (AvgIpc) is 2.44. The molecule has 0 radical (unpaired) electrons. The van der Waals surface area contributed by atoms with Gasteiger partial charge >= 0.3 is 0 Å². The van der Waals surface area contributed by atoms with Gasteiger partial charge in [0.25, 0.3) is 0 Å². The van der Waals surface area contributed by atoms with Gasteiger partial charge in [-0.05, 0) is 50.0 Å². The van der Waals surface area contributed by atoms with E-state index in [1.54, 1.807) is 0 Å². The maximum Gasteiger partial charge on any atom is 0.0546 e. The van der Waals surface area contributed by atoms with E-state index in [9.17, 15) is 0 Å². The minimum absolute atomic E-state index is 0.00214. The lowest BCUT2D eigenvalue weighted by atomic mass is 9.71. The van der Waals surface area contributed by atoms with Crippen molar-refractivity contribution in [3.63, 3.8) is 0 Å². The Morgan fingerprint density at radius 3 is 2.86 bits per heavy atom. The van der Waals surface area contributed by atoms with Gasteiger partial charge in [-0.1, -0.05) is 12.2 Å². The first-order chi connectivity index (χ1) is 6.83. The number of hydrogen-bond acceptors (Lipinski definition) is 2. The molecule has 0 aromatic rings.